The Balaban J connectivity index is 1.48. The first-order chi connectivity index (χ1) is 12.2. The Hall–Kier alpha value is -2.24. The van der Waals surface area contributed by atoms with Gasteiger partial charge in [-0.05, 0) is 31.4 Å². The molecule has 1 aromatic rings. The van der Waals surface area contributed by atoms with Gasteiger partial charge in [0.2, 0.25) is 11.8 Å². The minimum Gasteiger partial charge on any atom is -0.497 e. The molecule has 0 radical (unpaired) electrons. The Bertz CT molecular complexity index is 619. The van der Waals surface area contributed by atoms with E-state index in [-0.39, 0.29) is 18.4 Å². The molecule has 0 saturated carbocycles. The Morgan fingerprint density at radius 2 is 2.08 bits per heavy atom. The molecule has 136 valence electrons. The summed E-state index contributed by atoms with van der Waals surface area (Å²) in [6, 6.07) is 7.56. The quantitative estimate of drug-likeness (QED) is 0.790. The number of piperidine rings is 1. The number of methoxy groups -OCH3 is 1. The van der Waals surface area contributed by atoms with Crippen LogP contribution in [0.25, 0.3) is 0 Å². The van der Waals surface area contributed by atoms with Crippen LogP contribution in [-0.4, -0.2) is 61.5 Å². The van der Waals surface area contributed by atoms with Gasteiger partial charge in [0.05, 0.1) is 20.3 Å². The molecule has 6 heteroatoms. The highest BCUT2D eigenvalue weighted by molar-refractivity contribution is 5.85. The van der Waals surface area contributed by atoms with E-state index in [1.807, 2.05) is 29.2 Å². The lowest BCUT2D eigenvalue weighted by Gasteiger charge is -2.33. The second-order valence-corrected chi connectivity index (χ2v) is 6.76. The zero-order chi connectivity index (χ0) is 17.6. The molecule has 1 atom stereocenters. The maximum Gasteiger partial charge on any atom is 0.242 e. The minimum atomic E-state index is 0.0568. The molecule has 0 unspecified atom stereocenters. The lowest BCUT2D eigenvalue weighted by Crippen LogP contribution is -2.46. The third-order valence-electron chi connectivity index (χ3n) is 4.90. The van der Waals surface area contributed by atoms with Crippen LogP contribution in [0, 0.1) is 5.92 Å². The van der Waals surface area contributed by atoms with Crippen LogP contribution in [0.2, 0.25) is 0 Å². The molecule has 2 aliphatic heterocycles. The van der Waals surface area contributed by atoms with Gasteiger partial charge in [0, 0.05) is 38.0 Å². The second kappa shape index (κ2) is 8.23. The highest BCUT2D eigenvalue weighted by Gasteiger charge is 2.28. The molecule has 0 aromatic heterocycles. The third-order valence-corrected chi connectivity index (χ3v) is 4.90. The van der Waals surface area contributed by atoms with Crippen molar-refractivity contribution in [3.63, 3.8) is 0 Å². The number of hydrogen-bond acceptors (Lipinski definition) is 4. The number of ether oxygens (including phenoxy) is 2. The van der Waals surface area contributed by atoms with Crippen LogP contribution in [-0.2, 0) is 9.59 Å². The maximum absolute atomic E-state index is 12.5. The van der Waals surface area contributed by atoms with Crippen molar-refractivity contribution in [2.24, 2.45) is 5.92 Å². The predicted molar refractivity (Wildman–Crippen MR) is 93.6 cm³/mol. The monoisotopic (exact) mass is 346 g/mol. The van der Waals surface area contributed by atoms with Gasteiger partial charge >= 0.3 is 0 Å². The van der Waals surface area contributed by atoms with Gasteiger partial charge in [0.15, 0.2) is 0 Å². The number of carbonyl (C=O) groups is 2. The average molecular weight is 346 g/mol. The van der Waals surface area contributed by atoms with E-state index < -0.39 is 0 Å². The molecule has 0 aliphatic carbocycles. The molecular formula is C19H26N2O4. The summed E-state index contributed by atoms with van der Waals surface area (Å²) in [4.78, 5) is 27.7. The normalized spacial score (nSPS) is 20.7. The molecule has 0 spiro atoms. The summed E-state index contributed by atoms with van der Waals surface area (Å²) in [5.41, 5.74) is 0. The third kappa shape index (κ3) is 4.65. The van der Waals surface area contributed by atoms with Crippen LogP contribution >= 0.6 is 0 Å². The lowest BCUT2D eigenvalue weighted by molar-refractivity contribution is -0.139. The summed E-state index contributed by atoms with van der Waals surface area (Å²) >= 11 is 0. The first kappa shape index (κ1) is 17.6. The fourth-order valence-electron chi connectivity index (χ4n) is 3.47. The molecule has 2 fully saturated rings. The number of nitrogens with zero attached hydrogens (tertiary/aromatic N) is 2. The smallest absolute Gasteiger partial charge is 0.242 e. The van der Waals surface area contributed by atoms with Gasteiger partial charge in [0.25, 0.3) is 0 Å². The molecule has 6 nitrogen and oxygen atoms in total. The second-order valence-electron chi connectivity index (χ2n) is 6.76. The highest BCUT2D eigenvalue weighted by Crippen LogP contribution is 2.22. The average Bonchev–Trinajstić information content (AvgIpc) is 3.05. The fraction of sp³-hybridized carbons (Fsp3) is 0.579. The summed E-state index contributed by atoms with van der Waals surface area (Å²) in [6.07, 6.45) is 3.47. The molecule has 2 saturated heterocycles. The number of hydrogen-bond donors (Lipinski definition) is 0. The first-order valence-electron chi connectivity index (χ1n) is 8.98. The van der Waals surface area contributed by atoms with E-state index in [9.17, 15) is 9.59 Å². The van der Waals surface area contributed by atoms with E-state index in [2.05, 4.69) is 0 Å². The van der Waals surface area contributed by atoms with Crippen LogP contribution in [0.1, 0.15) is 25.7 Å². The van der Waals surface area contributed by atoms with Gasteiger partial charge in [-0.1, -0.05) is 6.07 Å². The molecule has 1 aromatic carbocycles. The van der Waals surface area contributed by atoms with E-state index in [0.717, 1.165) is 37.3 Å². The molecular weight excluding hydrogens is 320 g/mol. The number of likely N-dealkylation sites (tertiary alicyclic amines) is 2. The SMILES string of the molecule is COc1cccc(OC[C@H]2CCCN(C(=O)CN3CCCC3=O)C2)c1. The van der Waals surface area contributed by atoms with E-state index in [4.69, 9.17) is 9.47 Å². The molecule has 2 aliphatic rings. The van der Waals surface area contributed by atoms with Crippen LogP contribution in [0.15, 0.2) is 24.3 Å². The Morgan fingerprint density at radius 1 is 1.24 bits per heavy atom. The molecule has 2 heterocycles. The van der Waals surface area contributed by atoms with Gasteiger partial charge in [-0.2, -0.15) is 0 Å². The van der Waals surface area contributed by atoms with Crippen molar-refractivity contribution in [2.45, 2.75) is 25.7 Å². The lowest BCUT2D eigenvalue weighted by atomic mass is 9.99. The summed E-state index contributed by atoms with van der Waals surface area (Å²) in [6.45, 7) is 2.99. The van der Waals surface area contributed by atoms with Crippen molar-refractivity contribution in [3.8, 4) is 11.5 Å². The summed E-state index contributed by atoms with van der Waals surface area (Å²) in [5, 5.41) is 0. The van der Waals surface area contributed by atoms with Crippen molar-refractivity contribution in [1.29, 1.82) is 0 Å². The summed E-state index contributed by atoms with van der Waals surface area (Å²) < 4.78 is 11.1. The van der Waals surface area contributed by atoms with Crippen molar-refractivity contribution in [3.05, 3.63) is 24.3 Å². The van der Waals surface area contributed by atoms with Crippen LogP contribution < -0.4 is 9.47 Å². The van der Waals surface area contributed by atoms with E-state index >= 15 is 0 Å². The van der Waals surface area contributed by atoms with Gasteiger partial charge < -0.3 is 19.3 Å². The maximum atomic E-state index is 12.5. The van der Waals surface area contributed by atoms with E-state index in [1.165, 1.54) is 0 Å². The summed E-state index contributed by atoms with van der Waals surface area (Å²) in [5.74, 6) is 2.03. The van der Waals surface area contributed by atoms with Gasteiger partial charge in [0.1, 0.15) is 11.5 Å². The summed E-state index contributed by atoms with van der Waals surface area (Å²) in [7, 11) is 1.63. The van der Waals surface area contributed by atoms with Gasteiger partial charge in [-0.25, -0.2) is 0 Å². The van der Waals surface area contributed by atoms with Crippen molar-refractivity contribution in [1.82, 2.24) is 9.80 Å². The predicted octanol–water partition coefficient (Wildman–Crippen LogP) is 1.93. The zero-order valence-corrected chi connectivity index (χ0v) is 14.8. The fourth-order valence-corrected chi connectivity index (χ4v) is 3.47. The van der Waals surface area contributed by atoms with Crippen molar-refractivity contribution < 1.29 is 19.1 Å². The number of carbonyl (C=O) groups excluding carboxylic acids is 2. The minimum absolute atomic E-state index is 0.0568. The molecule has 2 amide bonds. The zero-order valence-electron chi connectivity index (χ0n) is 14.8. The molecule has 0 bridgehead atoms. The number of benzene rings is 1. The number of rotatable bonds is 6. The molecule has 0 N–H and O–H groups in total. The largest absolute Gasteiger partial charge is 0.497 e. The first-order valence-corrected chi connectivity index (χ1v) is 8.98. The standard InChI is InChI=1S/C19H26N2O4/c1-24-16-6-2-7-17(11-16)25-14-15-5-3-9-20(12-15)19(23)13-21-10-4-8-18(21)22/h2,6-7,11,15H,3-5,8-10,12-14H2,1H3/t15-/m0/s1. The molecule has 3 rings (SSSR count). The topological polar surface area (TPSA) is 59.1 Å². The van der Waals surface area contributed by atoms with Gasteiger partial charge in [-0.3, -0.25) is 9.59 Å². The Kier molecular flexibility index (Phi) is 5.79. The van der Waals surface area contributed by atoms with Crippen molar-refractivity contribution >= 4 is 11.8 Å². The highest BCUT2D eigenvalue weighted by atomic mass is 16.5. The Morgan fingerprint density at radius 3 is 2.84 bits per heavy atom. The van der Waals surface area contributed by atoms with Crippen LogP contribution in [0.4, 0.5) is 0 Å². The van der Waals surface area contributed by atoms with E-state index in [0.29, 0.717) is 32.0 Å². The van der Waals surface area contributed by atoms with E-state index in [1.54, 1.807) is 12.0 Å². The number of amides is 2. The Labute approximate surface area is 148 Å². The van der Waals surface area contributed by atoms with Crippen molar-refractivity contribution in [2.75, 3.05) is 39.9 Å². The molecule has 25 heavy (non-hydrogen) atoms. The van der Waals surface area contributed by atoms with Crippen LogP contribution in [0.5, 0.6) is 11.5 Å². The van der Waals surface area contributed by atoms with Gasteiger partial charge in [-0.15, -0.1) is 0 Å². The van der Waals surface area contributed by atoms with Crippen LogP contribution in [0.3, 0.4) is 0 Å².